The summed E-state index contributed by atoms with van der Waals surface area (Å²) in [7, 11) is 0. The van der Waals surface area contributed by atoms with Crippen molar-refractivity contribution in [3.05, 3.63) is 35.4 Å². The second-order valence-electron chi connectivity index (χ2n) is 6.91. The van der Waals surface area contributed by atoms with Gasteiger partial charge in [-0.05, 0) is 67.5 Å². The Morgan fingerprint density at radius 1 is 1.00 bits per heavy atom. The van der Waals surface area contributed by atoms with Crippen molar-refractivity contribution < 1.29 is 0 Å². The third kappa shape index (κ3) is 3.09. The molecule has 1 aromatic carbocycles. The van der Waals surface area contributed by atoms with E-state index in [1.807, 2.05) is 0 Å². The Bertz CT molecular complexity index is 412. The number of hydrogen-bond donors (Lipinski definition) is 1. The summed E-state index contributed by atoms with van der Waals surface area (Å²) in [5.74, 6) is 3.03. The zero-order valence-corrected chi connectivity index (χ0v) is 13.1. The molecule has 110 valence electrons. The fourth-order valence-electron chi connectivity index (χ4n) is 4.07. The quantitative estimate of drug-likeness (QED) is 0.756. The van der Waals surface area contributed by atoms with Crippen LogP contribution in [0.5, 0.6) is 0 Å². The van der Waals surface area contributed by atoms with E-state index < -0.39 is 0 Å². The summed E-state index contributed by atoms with van der Waals surface area (Å²) in [6.45, 7) is 5.66. The van der Waals surface area contributed by atoms with Crippen LogP contribution in [0.4, 0.5) is 0 Å². The van der Waals surface area contributed by atoms with Crippen LogP contribution in [0.2, 0.25) is 0 Å². The van der Waals surface area contributed by atoms with Crippen molar-refractivity contribution in [2.45, 2.75) is 58.4 Å². The lowest BCUT2D eigenvalue weighted by Gasteiger charge is -2.26. The second kappa shape index (κ2) is 6.30. The summed E-state index contributed by atoms with van der Waals surface area (Å²) >= 11 is 0. The van der Waals surface area contributed by atoms with E-state index in [4.69, 9.17) is 0 Å². The van der Waals surface area contributed by atoms with Gasteiger partial charge in [0.15, 0.2) is 0 Å². The largest absolute Gasteiger partial charge is 0.310 e. The minimum atomic E-state index is 0.596. The standard InChI is InChI=1S/C19H29N/c1-3-5-14-6-8-15(9-7-14)19(20-10-4-2)18-12-16-11-17(16)13-18/h6-9,16-20H,3-5,10-13H2,1-2H3. The Morgan fingerprint density at radius 2 is 1.70 bits per heavy atom. The van der Waals surface area contributed by atoms with Crippen molar-refractivity contribution >= 4 is 0 Å². The lowest BCUT2D eigenvalue weighted by atomic mass is 9.88. The van der Waals surface area contributed by atoms with Gasteiger partial charge < -0.3 is 5.32 Å². The monoisotopic (exact) mass is 271 g/mol. The minimum Gasteiger partial charge on any atom is -0.310 e. The number of fused-ring (bicyclic) bond motifs is 1. The molecule has 1 aromatic rings. The summed E-state index contributed by atoms with van der Waals surface area (Å²) in [5.41, 5.74) is 3.00. The SMILES string of the molecule is CCCNC(c1ccc(CCC)cc1)C1CC2CC2C1. The van der Waals surface area contributed by atoms with E-state index in [-0.39, 0.29) is 0 Å². The van der Waals surface area contributed by atoms with Crippen LogP contribution in [0.1, 0.15) is 63.1 Å². The fourth-order valence-corrected chi connectivity index (χ4v) is 4.07. The average molecular weight is 271 g/mol. The van der Waals surface area contributed by atoms with Crippen molar-refractivity contribution in [1.82, 2.24) is 5.32 Å². The van der Waals surface area contributed by atoms with Crippen molar-refractivity contribution in [2.75, 3.05) is 6.54 Å². The van der Waals surface area contributed by atoms with Crippen molar-refractivity contribution in [1.29, 1.82) is 0 Å². The lowest BCUT2D eigenvalue weighted by Crippen LogP contribution is -2.28. The number of hydrogen-bond acceptors (Lipinski definition) is 1. The van der Waals surface area contributed by atoms with Gasteiger partial charge in [-0.25, -0.2) is 0 Å². The summed E-state index contributed by atoms with van der Waals surface area (Å²) in [6, 6.07) is 10.0. The highest BCUT2D eigenvalue weighted by Crippen LogP contribution is 2.57. The van der Waals surface area contributed by atoms with Gasteiger partial charge in [-0.1, -0.05) is 44.5 Å². The first kappa shape index (κ1) is 14.1. The summed E-state index contributed by atoms with van der Waals surface area (Å²) < 4.78 is 0. The maximum absolute atomic E-state index is 3.82. The highest BCUT2D eigenvalue weighted by molar-refractivity contribution is 5.26. The molecule has 0 aliphatic heterocycles. The third-order valence-electron chi connectivity index (χ3n) is 5.24. The highest BCUT2D eigenvalue weighted by atomic mass is 14.9. The maximum Gasteiger partial charge on any atom is 0.0348 e. The first-order valence-electron chi connectivity index (χ1n) is 8.64. The van der Waals surface area contributed by atoms with Crippen LogP contribution in [-0.4, -0.2) is 6.54 Å². The van der Waals surface area contributed by atoms with E-state index in [2.05, 4.69) is 43.4 Å². The number of nitrogens with one attached hydrogen (secondary N) is 1. The topological polar surface area (TPSA) is 12.0 Å². The summed E-state index contributed by atoms with van der Waals surface area (Å²) in [6.07, 6.45) is 8.12. The van der Waals surface area contributed by atoms with E-state index in [0.29, 0.717) is 6.04 Å². The van der Waals surface area contributed by atoms with E-state index in [9.17, 15) is 0 Å². The van der Waals surface area contributed by atoms with Crippen LogP contribution >= 0.6 is 0 Å². The van der Waals surface area contributed by atoms with Gasteiger partial charge in [0.2, 0.25) is 0 Å². The molecule has 1 heteroatoms. The van der Waals surface area contributed by atoms with Crippen LogP contribution in [0.25, 0.3) is 0 Å². The first-order valence-corrected chi connectivity index (χ1v) is 8.64. The molecule has 2 aliphatic carbocycles. The van der Waals surface area contributed by atoms with Gasteiger partial charge in [-0.15, -0.1) is 0 Å². The van der Waals surface area contributed by atoms with Crippen LogP contribution in [0, 0.1) is 17.8 Å². The van der Waals surface area contributed by atoms with Crippen molar-refractivity contribution in [3.8, 4) is 0 Å². The second-order valence-corrected chi connectivity index (χ2v) is 6.91. The molecule has 2 fully saturated rings. The van der Waals surface area contributed by atoms with Gasteiger partial charge in [-0.3, -0.25) is 0 Å². The smallest absolute Gasteiger partial charge is 0.0348 e. The van der Waals surface area contributed by atoms with Crippen molar-refractivity contribution in [3.63, 3.8) is 0 Å². The van der Waals surface area contributed by atoms with E-state index in [1.54, 1.807) is 0 Å². The van der Waals surface area contributed by atoms with Gasteiger partial charge in [0.25, 0.3) is 0 Å². The average Bonchev–Trinajstić information content (AvgIpc) is 3.08. The molecule has 2 aliphatic rings. The normalized spacial score (nSPS) is 29.2. The highest BCUT2D eigenvalue weighted by Gasteiger charge is 2.47. The molecule has 0 saturated heterocycles. The Kier molecular flexibility index (Phi) is 4.45. The predicted molar refractivity (Wildman–Crippen MR) is 85.8 cm³/mol. The Hall–Kier alpha value is -0.820. The molecule has 0 radical (unpaired) electrons. The van der Waals surface area contributed by atoms with E-state index >= 15 is 0 Å². The molecular weight excluding hydrogens is 242 g/mol. The van der Waals surface area contributed by atoms with Gasteiger partial charge in [0.05, 0.1) is 0 Å². The summed E-state index contributed by atoms with van der Waals surface area (Å²) in [5, 5.41) is 3.82. The lowest BCUT2D eigenvalue weighted by molar-refractivity contribution is 0.342. The van der Waals surface area contributed by atoms with E-state index in [0.717, 1.165) is 24.3 Å². The van der Waals surface area contributed by atoms with Gasteiger partial charge in [0, 0.05) is 6.04 Å². The number of benzene rings is 1. The summed E-state index contributed by atoms with van der Waals surface area (Å²) in [4.78, 5) is 0. The number of rotatable bonds is 7. The zero-order valence-electron chi connectivity index (χ0n) is 13.1. The van der Waals surface area contributed by atoms with Crippen LogP contribution in [0.3, 0.4) is 0 Å². The van der Waals surface area contributed by atoms with Crippen molar-refractivity contribution in [2.24, 2.45) is 17.8 Å². The van der Waals surface area contributed by atoms with Crippen LogP contribution in [-0.2, 0) is 6.42 Å². The molecule has 3 unspecified atom stereocenters. The molecule has 2 saturated carbocycles. The van der Waals surface area contributed by atoms with Crippen LogP contribution < -0.4 is 5.32 Å². The van der Waals surface area contributed by atoms with Gasteiger partial charge >= 0.3 is 0 Å². The molecule has 20 heavy (non-hydrogen) atoms. The maximum atomic E-state index is 3.82. The molecule has 1 N–H and O–H groups in total. The molecule has 0 amide bonds. The fraction of sp³-hybridized carbons (Fsp3) is 0.684. The Balaban J connectivity index is 1.70. The molecule has 1 nitrogen and oxygen atoms in total. The molecule has 0 spiro atoms. The minimum absolute atomic E-state index is 0.596. The first-order chi connectivity index (χ1) is 9.81. The molecule has 3 rings (SSSR count). The molecule has 3 atom stereocenters. The zero-order chi connectivity index (χ0) is 13.9. The Labute approximate surface area is 124 Å². The molecule has 0 bridgehead atoms. The van der Waals surface area contributed by atoms with Gasteiger partial charge in [-0.2, -0.15) is 0 Å². The van der Waals surface area contributed by atoms with Gasteiger partial charge in [0.1, 0.15) is 0 Å². The molecule has 0 aromatic heterocycles. The molecule has 0 heterocycles. The predicted octanol–water partition coefficient (Wildman–Crippen LogP) is 4.73. The van der Waals surface area contributed by atoms with E-state index in [1.165, 1.54) is 49.7 Å². The Morgan fingerprint density at radius 3 is 2.30 bits per heavy atom. The number of aryl methyl sites for hydroxylation is 1. The van der Waals surface area contributed by atoms with Crippen LogP contribution in [0.15, 0.2) is 24.3 Å². The third-order valence-corrected chi connectivity index (χ3v) is 5.24. The molecular formula is C19H29N.